The molecule has 172 valence electrons. The van der Waals surface area contributed by atoms with Gasteiger partial charge in [0.25, 0.3) is 5.56 Å². The Balaban J connectivity index is 1.27. The van der Waals surface area contributed by atoms with E-state index in [0.29, 0.717) is 12.6 Å². The molecule has 5 aromatic rings. The summed E-state index contributed by atoms with van der Waals surface area (Å²) in [6, 6.07) is 10.4. The Hall–Kier alpha value is -3.36. The molecule has 0 aliphatic heterocycles. The lowest BCUT2D eigenvalue weighted by Crippen LogP contribution is -2.34. The molecule has 1 atom stereocenters. The van der Waals surface area contributed by atoms with Crippen LogP contribution >= 0.6 is 11.3 Å². The van der Waals surface area contributed by atoms with Gasteiger partial charge in [0.05, 0.1) is 29.5 Å². The van der Waals surface area contributed by atoms with Gasteiger partial charge in [-0.2, -0.15) is 0 Å². The first-order valence-corrected chi connectivity index (χ1v) is 12.4. The maximum Gasteiger partial charge on any atom is 0.262 e. The SMILES string of the molecule is Cc1noc(C)c1CNC1CCc2c(sc3ncn(Cc4cccc5cccnc45)c(=O)c23)C1. The fourth-order valence-electron chi connectivity index (χ4n) is 4.97. The van der Waals surface area contributed by atoms with Crippen molar-refractivity contribution in [3.05, 3.63) is 86.2 Å². The molecule has 1 aliphatic carbocycles. The van der Waals surface area contributed by atoms with Gasteiger partial charge in [-0.05, 0) is 50.3 Å². The lowest BCUT2D eigenvalue weighted by atomic mass is 9.93. The first-order valence-electron chi connectivity index (χ1n) is 11.6. The molecule has 0 bridgehead atoms. The molecule has 0 saturated carbocycles. The standard InChI is InChI=1S/C26H25N5O2S/c1-15-21(16(2)33-30-15)12-28-19-8-9-20-22(11-19)34-25-23(20)26(32)31(14-29-25)13-18-6-3-5-17-7-4-10-27-24(17)18/h3-7,10,14,19,28H,8-9,11-13H2,1-2H3. The van der Waals surface area contributed by atoms with E-state index in [9.17, 15) is 4.79 Å². The van der Waals surface area contributed by atoms with Crippen molar-refractivity contribution in [1.82, 2.24) is 25.0 Å². The van der Waals surface area contributed by atoms with Crippen LogP contribution in [0.5, 0.6) is 0 Å². The monoisotopic (exact) mass is 471 g/mol. The molecule has 4 aromatic heterocycles. The number of rotatable bonds is 5. The first kappa shape index (κ1) is 21.2. The molecule has 1 unspecified atom stereocenters. The second-order valence-corrected chi connectivity index (χ2v) is 10.1. The van der Waals surface area contributed by atoms with Gasteiger partial charge in [-0.3, -0.25) is 14.3 Å². The zero-order valence-corrected chi connectivity index (χ0v) is 20.0. The smallest absolute Gasteiger partial charge is 0.262 e. The predicted molar refractivity (Wildman–Crippen MR) is 133 cm³/mol. The molecule has 1 aliphatic rings. The Morgan fingerprint density at radius 1 is 1.21 bits per heavy atom. The highest BCUT2D eigenvalue weighted by molar-refractivity contribution is 7.18. The molecule has 1 N–H and O–H groups in total. The van der Waals surface area contributed by atoms with E-state index in [0.717, 1.165) is 69.5 Å². The van der Waals surface area contributed by atoms with Crippen LogP contribution in [-0.4, -0.2) is 25.7 Å². The van der Waals surface area contributed by atoms with Crippen LogP contribution in [0, 0.1) is 13.8 Å². The van der Waals surface area contributed by atoms with Crippen molar-refractivity contribution in [3.63, 3.8) is 0 Å². The van der Waals surface area contributed by atoms with Crippen molar-refractivity contribution < 1.29 is 4.52 Å². The molecule has 0 fully saturated rings. The number of fused-ring (bicyclic) bond motifs is 4. The number of hydrogen-bond acceptors (Lipinski definition) is 7. The Bertz CT molecular complexity index is 1560. The van der Waals surface area contributed by atoms with Crippen LogP contribution in [0.3, 0.4) is 0 Å². The number of hydrogen-bond donors (Lipinski definition) is 1. The quantitative estimate of drug-likeness (QED) is 0.411. The maximum absolute atomic E-state index is 13.5. The molecule has 0 amide bonds. The average Bonchev–Trinajstić information content (AvgIpc) is 3.38. The summed E-state index contributed by atoms with van der Waals surface area (Å²) in [5.41, 5.74) is 5.24. The summed E-state index contributed by atoms with van der Waals surface area (Å²) < 4.78 is 7.01. The Morgan fingerprint density at radius 3 is 2.94 bits per heavy atom. The first-order chi connectivity index (χ1) is 16.6. The molecule has 4 heterocycles. The van der Waals surface area contributed by atoms with E-state index in [1.54, 1.807) is 28.4 Å². The summed E-state index contributed by atoms with van der Waals surface area (Å²) in [6.45, 7) is 5.13. The third kappa shape index (κ3) is 3.63. The third-order valence-electron chi connectivity index (χ3n) is 6.84. The highest BCUT2D eigenvalue weighted by Gasteiger charge is 2.25. The van der Waals surface area contributed by atoms with Gasteiger partial charge in [-0.15, -0.1) is 11.3 Å². The zero-order valence-electron chi connectivity index (χ0n) is 19.2. The minimum Gasteiger partial charge on any atom is -0.361 e. The third-order valence-corrected chi connectivity index (χ3v) is 8.00. The molecular weight excluding hydrogens is 446 g/mol. The minimum absolute atomic E-state index is 0.0394. The lowest BCUT2D eigenvalue weighted by molar-refractivity contribution is 0.390. The second-order valence-electron chi connectivity index (χ2n) is 8.98. The van der Waals surface area contributed by atoms with Crippen LogP contribution in [0.15, 0.2) is 52.2 Å². The fourth-order valence-corrected chi connectivity index (χ4v) is 6.22. The number of aryl methyl sites for hydroxylation is 3. The number of para-hydroxylation sites is 1. The van der Waals surface area contributed by atoms with Gasteiger partial charge in [0.15, 0.2) is 0 Å². The van der Waals surface area contributed by atoms with Crippen LogP contribution in [-0.2, 0) is 25.9 Å². The molecule has 1 aromatic carbocycles. The summed E-state index contributed by atoms with van der Waals surface area (Å²) in [5.74, 6) is 0.870. The van der Waals surface area contributed by atoms with Crippen molar-refractivity contribution in [3.8, 4) is 0 Å². The summed E-state index contributed by atoms with van der Waals surface area (Å²) in [6.07, 6.45) is 6.25. The minimum atomic E-state index is 0.0394. The molecule has 8 heteroatoms. The largest absolute Gasteiger partial charge is 0.361 e. The van der Waals surface area contributed by atoms with Gasteiger partial charge in [0.1, 0.15) is 10.6 Å². The molecule has 34 heavy (non-hydrogen) atoms. The summed E-state index contributed by atoms with van der Waals surface area (Å²) in [7, 11) is 0. The lowest BCUT2D eigenvalue weighted by Gasteiger charge is -2.23. The van der Waals surface area contributed by atoms with Gasteiger partial charge in [0, 0.05) is 34.6 Å². The van der Waals surface area contributed by atoms with Crippen LogP contribution < -0.4 is 10.9 Å². The average molecular weight is 472 g/mol. The predicted octanol–water partition coefficient (Wildman–Crippen LogP) is 4.31. The van der Waals surface area contributed by atoms with Crippen LogP contribution in [0.2, 0.25) is 0 Å². The van der Waals surface area contributed by atoms with E-state index >= 15 is 0 Å². The highest BCUT2D eigenvalue weighted by Crippen LogP contribution is 2.34. The number of pyridine rings is 1. The molecule has 0 saturated heterocycles. The van der Waals surface area contributed by atoms with E-state index in [4.69, 9.17) is 4.52 Å². The highest BCUT2D eigenvalue weighted by atomic mass is 32.1. The summed E-state index contributed by atoms with van der Waals surface area (Å²) in [5, 5.41) is 9.58. The Kier molecular flexibility index (Phi) is 5.27. The Morgan fingerprint density at radius 2 is 2.09 bits per heavy atom. The van der Waals surface area contributed by atoms with Gasteiger partial charge in [0.2, 0.25) is 0 Å². The van der Waals surface area contributed by atoms with Crippen molar-refractivity contribution in [1.29, 1.82) is 0 Å². The maximum atomic E-state index is 13.5. The van der Waals surface area contributed by atoms with Crippen LogP contribution in [0.1, 0.15) is 39.4 Å². The van der Waals surface area contributed by atoms with Gasteiger partial charge < -0.3 is 9.84 Å². The van der Waals surface area contributed by atoms with Gasteiger partial charge >= 0.3 is 0 Å². The van der Waals surface area contributed by atoms with E-state index in [1.807, 2.05) is 44.2 Å². The number of nitrogens with zero attached hydrogens (tertiary/aromatic N) is 4. The van der Waals surface area contributed by atoms with E-state index in [-0.39, 0.29) is 5.56 Å². The van der Waals surface area contributed by atoms with Gasteiger partial charge in [-0.1, -0.05) is 29.4 Å². The topological polar surface area (TPSA) is 85.8 Å². The molecule has 0 radical (unpaired) electrons. The number of aromatic nitrogens is 4. The second kappa shape index (κ2) is 8.45. The molecule has 7 nitrogen and oxygen atoms in total. The zero-order chi connectivity index (χ0) is 23.2. The van der Waals surface area contributed by atoms with E-state index in [2.05, 4.69) is 20.4 Å². The van der Waals surface area contributed by atoms with Crippen molar-refractivity contribution >= 4 is 32.5 Å². The number of thiophene rings is 1. The normalized spacial score (nSPS) is 15.8. The number of nitrogens with one attached hydrogen (secondary N) is 1. The Labute approximate surface area is 200 Å². The van der Waals surface area contributed by atoms with E-state index in [1.165, 1.54) is 10.4 Å². The molecule has 6 rings (SSSR count). The van der Waals surface area contributed by atoms with Crippen molar-refractivity contribution in [2.75, 3.05) is 0 Å². The summed E-state index contributed by atoms with van der Waals surface area (Å²) >= 11 is 1.66. The fraction of sp³-hybridized carbons (Fsp3) is 0.308. The van der Waals surface area contributed by atoms with Gasteiger partial charge in [-0.25, -0.2) is 4.98 Å². The van der Waals surface area contributed by atoms with E-state index < -0.39 is 0 Å². The molecular formula is C26H25N5O2S. The van der Waals surface area contributed by atoms with Crippen LogP contribution in [0.4, 0.5) is 0 Å². The summed E-state index contributed by atoms with van der Waals surface area (Å²) in [4.78, 5) is 24.8. The molecule has 0 spiro atoms. The van der Waals surface area contributed by atoms with Crippen LogP contribution in [0.25, 0.3) is 21.1 Å². The van der Waals surface area contributed by atoms with Crippen molar-refractivity contribution in [2.45, 2.75) is 52.2 Å². The number of benzene rings is 1. The van der Waals surface area contributed by atoms with Crippen molar-refractivity contribution in [2.24, 2.45) is 0 Å².